The molecular formula is C12H14N2O3. The zero-order valence-corrected chi connectivity index (χ0v) is 9.57. The van der Waals surface area contributed by atoms with Crippen molar-refractivity contribution in [1.82, 2.24) is 9.78 Å². The summed E-state index contributed by atoms with van der Waals surface area (Å²) in [6.07, 6.45) is 7.01. The molecule has 5 heteroatoms. The summed E-state index contributed by atoms with van der Waals surface area (Å²) in [7, 11) is 0. The number of esters is 1. The van der Waals surface area contributed by atoms with E-state index in [4.69, 9.17) is 9.15 Å². The summed E-state index contributed by atoms with van der Waals surface area (Å²) in [5.74, 6) is -0.355. The SMILES string of the molecule is CC(CCn1cccn1)OC(=O)c1ccoc1. The van der Waals surface area contributed by atoms with Gasteiger partial charge in [-0.15, -0.1) is 0 Å². The van der Waals surface area contributed by atoms with Crippen LogP contribution in [0.2, 0.25) is 0 Å². The zero-order chi connectivity index (χ0) is 12.1. The Balaban J connectivity index is 1.77. The van der Waals surface area contributed by atoms with Gasteiger partial charge in [-0.3, -0.25) is 4.68 Å². The topological polar surface area (TPSA) is 57.3 Å². The van der Waals surface area contributed by atoms with Crippen molar-refractivity contribution in [2.24, 2.45) is 0 Å². The van der Waals surface area contributed by atoms with Crippen molar-refractivity contribution in [3.05, 3.63) is 42.6 Å². The normalized spacial score (nSPS) is 12.3. The van der Waals surface area contributed by atoms with Gasteiger partial charge in [0.25, 0.3) is 0 Å². The van der Waals surface area contributed by atoms with E-state index in [2.05, 4.69) is 5.10 Å². The van der Waals surface area contributed by atoms with Crippen molar-refractivity contribution in [3.63, 3.8) is 0 Å². The van der Waals surface area contributed by atoms with Crippen LogP contribution in [0.5, 0.6) is 0 Å². The molecule has 5 nitrogen and oxygen atoms in total. The van der Waals surface area contributed by atoms with Crippen LogP contribution < -0.4 is 0 Å². The van der Waals surface area contributed by atoms with Crippen molar-refractivity contribution in [2.75, 3.05) is 0 Å². The number of rotatable bonds is 5. The maximum atomic E-state index is 11.6. The number of nitrogens with zero attached hydrogens (tertiary/aromatic N) is 2. The summed E-state index contributed by atoms with van der Waals surface area (Å²) in [4.78, 5) is 11.6. The highest BCUT2D eigenvalue weighted by Crippen LogP contribution is 2.07. The summed E-state index contributed by atoms with van der Waals surface area (Å²) < 4.78 is 11.9. The predicted octanol–water partition coefficient (Wildman–Crippen LogP) is 2.11. The Morgan fingerprint density at radius 1 is 1.65 bits per heavy atom. The van der Waals surface area contributed by atoms with Crippen molar-refractivity contribution in [2.45, 2.75) is 26.0 Å². The predicted molar refractivity (Wildman–Crippen MR) is 60.4 cm³/mol. The van der Waals surface area contributed by atoms with Gasteiger partial charge >= 0.3 is 5.97 Å². The molecule has 0 aromatic carbocycles. The smallest absolute Gasteiger partial charge is 0.341 e. The third kappa shape index (κ3) is 3.21. The zero-order valence-electron chi connectivity index (χ0n) is 9.57. The molecule has 2 aromatic heterocycles. The van der Waals surface area contributed by atoms with Gasteiger partial charge in [0, 0.05) is 25.4 Å². The van der Waals surface area contributed by atoms with Gasteiger partial charge in [0.15, 0.2) is 0 Å². The summed E-state index contributed by atoms with van der Waals surface area (Å²) in [5.41, 5.74) is 0.441. The van der Waals surface area contributed by atoms with Crippen LogP contribution in [0, 0.1) is 0 Å². The molecule has 0 fully saturated rings. The minimum Gasteiger partial charge on any atom is -0.472 e. The van der Waals surface area contributed by atoms with Crippen molar-refractivity contribution >= 4 is 5.97 Å². The Kier molecular flexibility index (Phi) is 3.59. The van der Waals surface area contributed by atoms with Gasteiger partial charge in [0.1, 0.15) is 12.4 Å². The molecule has 0 saturated heterocycles. The van der Waals surface area contributed by atoms with Gasteiger partial charge in [-0.05, 0) is 19.1 Å². The number of hydrogen-bond donors (Lipinski definition) is 0. The maximum absolute atomic E-state index is 11.6. The van der Waals surface area contributed by atoms with Gasteiger partial charge in [0.05, 0.1) is 11.8 Å². The van der Waals surface area contributed by atoms with E-state index < -0.39 is 0 Å². The minimum absolute atomic E-state index is 0.151. The minimum atomic E-state index is -0.355. The molecule has 0 aliphatic carbocycles. The van der Waals surface area contributed by atoms with Gasteiger partial charge < -0.3 is 9.15 Å². The third-order valence-electron chi connectivity index (χ3n) is 2.39. The lowest BCUT2D eigenvalue weighted by molar-refractivity contribution is 0.0313. The lowest BCUT2D eigenvalue weighted by Crippen LogP contribution is -2.17. The molecule has 0 bridgehead atoms. The second kappa shape index (κ2) is 5.34. The standard InChI is InChI=1S/C12H14N2O3/c1-10(3-7-14-6-2-5-13-14)17-12(15)11-4-8-16-9-11/h2,4-6,8-10H,3,7H2,1H3. The molecule has 0 radical (unpaired) electrons. The lowest BCUT2D eigenvalue weighted by atomic mass is 10.3. The van der Waals surface area contributed by atoms with E-state index in [0.717, 1.165) is 13.0 Å². The Labute approximate surface area is 99.0 Å². The molecule has 17 heavy (non-hydrogen) atoms. The van der Waals surface area contributed by atoms with Crippen LogP contribution in [-0.4, -0.2) is 21.9 Å². The van der Waals surface area contributed by atoms with Gasteiger partial charge in [-0.1, -0.05) is 0 Å². The average molecular weight is 234 g/mol. The van der Waals surface area contributed by atoms with E-state index in [1.807, 2.05) is 23.9 Å². The lowest BCUT2D eigenvalue weighted by Gasteiger charge is -2.12. The maximum Gasteiger partial charge on any atom is 0.341 e. The molecular weight excluding hydrogens is 220 g/mol. The molecule has 2 rings (SSSR count). The largest absolute Gasteiger partial charge is 0.472 e. The highest BCUT2D eigenvalue weighted by molar-refractivity contribution is 5.88. The molecule has 0 spiro atoms. The second-order valence-electron chi connectivity index (χ2n) is 3.79. The van der Waals surface area contributed by atoms with E-state index >= 15 is 0 Å². The summed E-state index contributed by atoms with van der Waals surface area (Å²) >= 11 is 0. The van der Waals surface area contributed by atoms with E-state index in [0.29, 0.717) is 5.56 Å². The van der Waals surface area contributed by atoms with Crippen LogP contribution in [-0.2, 0) is 11.3 Å². The summed E-state index contributed by atoms with van der Waals surface area (Å²) in [6.45, 7) is 2.59. The van der Waals surface area contributed by atoms with Crippen molar-refractivity contribution < 1.29 is 13.9 Å². The van der Waals surface area contributed by atoms with Crippen LogP contribution in [0.1, 0.15) is 23.7 Å². The van der Waals surface area contributed by atoms with Crippen molar-refractivity contribution in [3.8, 4) is 0 Å². The first-order valence-electron chi connectivity index (χ1n) is 5.46. The number of ether oxygens (including phenoxy) is 1. The third-order valence-corrected chi connectivity index (χ3v) is 2.39. The Morgan fingerprint density at radius 2 is 2.53 bits per heavy atom. The highest BCUT2D eigenvalue weighted by atomic mass is 16.5. The number of aryl methyl sites for hydroxylation is 1. The molecule has 1 unspecified atom stereocenters. The fourth-order valence-electron chi connectivity index (χ4n) is 1.44. The van der Waals surface area contributed by atoms with E-state index in [1.54, 1.807) is 12.3 Å². The molecule has 90 valence electrons. The molecule has 0 aliphatic rings. The van der Waals surface area contributed by atoms with Crippen LogP contribution in [0.25, 0.3) is 0 Å². The second-order valence-corrected chi connectivity index (χ2v) is 3.79. The number of aromatic nitrogens is 2. The van der Waals surface area contributed by atoms with Crippen LogP contribution >= 0.6 is 0 Å². The first-order valence-corrected chi connectivity index (χ1v) is 5.46. The number of hydrogen-bond acceptors (Lipinski definition) is 4. The molecule has 1 atom stereocenters. The average Bonchev–Trinajstić information content (AvgIpc) is 2.99. The number of furan rings is 1. The molecule has 2 heterocycles. The number of carbonyl (C=O) groups excluding carboxylic acids is 1. The Hall–Kier alpha value is -2.04. The fourth-order valence-corrected chi connectivity index (χ4v) is 1.44. The van der Waals surface area contributed by atoms with Crippen LogP contribution in [0.4, 0.5) is 0 Å². The monoisotopic (exact) mass is 234 g/mol. The molecule has 0 saturated carbocycles. The van der Waals surface area contributed by atoms with Crippen molar-refractivity contribution in [1.29, 1.82) is 0 Å². The fraction of sp³-hybridized carbons (Fsp3) is 0.333. The van der Waals surface area contributed by atoms with Crippen LogP contribution in [0.3, 0.4) is 0 Å². The molecule has 0 aliphatic heterocycles. The van der Waals surface area contributed by atoms with Gasteiger partial charge in [0.2, 0.25) is 0 Å². The first kappa shape index (κ1) is 11.4. The first-order chi connectivity index (χ1) is 8.25. The molecule has 0 amide bonds. The van der Waals surface area contributed by atoms with E-state index in [1.165, 1.54) is 12.5 Å². The number of carbonyl (C=O) groups is 1. The quantitative estimate of drug-likeness (QED) is 0.743. The van der Waals surface area contributed by atoms with Crippen LogP contribution in [0.15, 0.2) is 41.5 Å². The molecule has 0 N–H and O–H groups in total. The summed E-state index contributed by atoms with van der Waals surface area (Å²) in [6, 6.07) is 3.45. The Bertz CT molecular complexity index is 448. The van der Waals surface area contributed by atoms with Gasteiger partial charge in [-0.2, -0.15) is 5.10 Å². The van der Waals surface area contributed by atoms with Gasteiger partial charge in [-0.25, -0.2) is 4.79 Å². The van der Waals surface area contributed by atoms with E-state index in [9.17, 15) is 4.79 Å². The summed E-state index contributed by atoms with van der Waals surface area (Å²) in [5, 5.41) is 4.08. The highest BCUT2D eigenvalue weighted by Gasteiger charge is 2.12. The molecule has 2 aromatic rings. The van der Waals surface area contributed by atoms with E-state index in [-0.39, 0.29) is 12.1 Å². The Morgan fingerprint density at radius 3 is 3.18 bits per heavy atom.